The molecule has 4 nitrogen and oxygen atoms in total. The van der Waals surface area contributed by atoms with Gasteiger partial charge in [-0.1, -0.05) is 11.6 Å². The van der Waals surface area contributed by atoms with Crippen molar-refractivity contribution in [3.05, 3.63) is 75.5 Å². The average molecular weight is 492 g/mol. The molecular formula is C20H15ClF4NO3PS. The molecule has 0 aliphatic heterocycles. The van der Waals surface area contributed by atoms with E-state index in [4.69, 9.17) is 11.6 Å². The minimum Gasteiger partial charge on any atom is -0.344 e. The smallest absolute Gasteiger partial charge is 0.344 e. The summed E-state index contributed by atoms with van der Waals surface area (Å²) >= 11 is 7.28. The van der Waals surface area contributed by atoms with E-state index in [2.05, 4.69) is 5.32 Å². The largest absolute Gasteiger partial charge is 0.416 e. The topological polar surface area (TPSA) is 66.4 Å². The molecule has 1 aromatic heterocycles. The minimum atomic E-state index is -4.73. The number of thiophene rings is 1. The lowest BCUT2D eigenvalue weighted by Gasteiger charge is -2.18. The zero-order valence-electron chi connectivity index (χ0n) is 15.8. The Hall–Kier alpha value is -2.19. The fraction of sp³-hybridized carbons (Fsp3) is 0.150. The molecule has 164 valence electrons. The number of nitrogens with one attached hydrogen (secondary N) is 1. The van der Waals surface area contributed by atoms with Crippen LogP contribution in [0.1, 0.15) is 22.3 Å². The molecule has 0 fully saturated rings. The van der Waals surface area contributed by atoms with Crippen molar-refractivity contribution in [1.82, 2.24) is 5.32 Å². The Kier molecular flexibility index (Phi) is 6.62. The van der Waals surface area contributed by atoms with E-state index in [1.807, 2.05) is 0 Å². The number of halogens is 5. The molecule has 31 heavy (non-hydrogen) atoms. The van der Waals surface area contributed by atoms with E-state index < -0.39 is 36.5 Å². The van der Waals surface area contributed by atoms with E-state index in [-0.39, 0.29) is 5.56 Å². The van der Waals surface area contributed by atoms with Gasteiger partial charge in [-0.05, 0) is 64.4 Å². The van der Waals surface area contributed by atoms with Gasteiger partial charge in [-0.15, -0.1) is 11.3 Å². The van der Waals surface area contributed by atoms with Gasteiger partial charge in [0.2, 0.25) is 13.3 Å². The molecule has 0 aliphatic carbocycles. The molecule has 0 aliphatic rings. The standard InChI is InChI=1S/C20H15ClF4NO3PS/c1-30(28,29)18(16-10-31-17-3-2-13(21)9-15(16)17)19(27)26-5-4-11-6-12(20(23,24)25)8-14(22)7-11/h2-10,18H,1H3,(H,26,27)(H,28,29)/b5-4+. The first-order valence-corrected chi connectivity index (χ1v) is 12.1. The second-order valence-electron chi connectivity index (χ2n) is 6.79. The van der Waals surface area contributed by atoms with Crippen LogP contribution in [0.25, 0.3) is 16.2 Å². The van der Waals surface area contributed by atoms with E-state index in [1.54, 1.807) is 23.6 Å². The molecule has 2 aromatic carbocycles. The van der Waals surface area contributed by atoms with Gasteiger partial charge in [-0.2, -0.15) is 13.2 Å². The molecule has 2 atom stereocenters. The third kappa shape index (κ3) is 5.54. The minimum absolute atomic E-state index is 0.138. The van der Waals surface area contributed by atoms with Crippen LogP contribution >= 0.6 is 30.3 Å². The number of carbonyl (C=O) groups excluding carboxylic acids is 1. The van der Waals surface area contributed by atoms with Crippen molar-refractivity contribution in [3.63, 3.8) is 0 Å². The van der Waals surface area contributed by atoms with Crippen molar-refractivity contribution in [3.8, 4) is 0 Å². The fourth-order valence-corrected chi connectivity index (χ4v) is 5.50. The lowest BCUT2D eigenvalue weighted by Crippen LogP contribution is -2.25. The number of amides is 1. The molecule has 1 amide bonds. The van der Waals surface area contributed by atoms with Gasteiger partial charge < -0.3 is 10.2 Å². The fourth-order valence-electron chi connectivity index (χ4n) is 3.02. The van der Waals surface area contributed by atoms with Crippen LogP contribution < -0.4 is 5.32 Å². The summed E-state index contributed by atoms with van der Waals surface area (Å²) in [7, 11) is -3.98. The van der Waals surface area contributed by atoms with Crippen molar-refractivity contribution in [2.45, 2.75) is 11.8 Å². The quantitative estimate of drug-likeness (QED) is 0.319. The molecular weight excluding hydrogens is 477 g/mol. The highest BCUT2D eigenvalue weighted by Gasteiger charge is 2.36. The molecule has 2 N–H and O–H groups in total. The lowest BCUT2D eigenvalue weighted by atomic mass is 10.1. The summed E-state index contributed by atoms with van der Waals surface area (Å²) in [5.41, 5.74) is -2.43. The lowest BCUT2D eigenvalue weighted by molar-refractivity contribution is -0.137. The van der Waals surface area contributed by atoms with Gasteiger partial charge >= 0.3 is 6.18 Å². The number of carbonyl (C=O) groups is 1. The Morgan fingerprint density at radius 1 is 1.26 bits per heavy atom. The van der Waals surface area contributed by atoms with Gasteiger partial charge in [0.1, 0.15) is 11.5 Å². The van der Waals surface area contributed by atoms with Gasteiger partial charge in [-0.3, -0.25) is 9.36 Å². The van der Waals surface area contributed by atoms with Crippen molar-refractivity contribution in [2.24, 2.45) is 0 Å². The molecule has 1 heterocycles. The maximum atomic E-state index is 13.5. The van der Waals surface area contributed by atoms with Crippen LogP contribution in [-0.4, -0.2) is 17.5 Å². The van der Waals surface area contributed by atoms with E-state index in [0.717, 1.165) is 29.7 Å². The maximum absolute atomic E-state index is 13.5. The van der Waals surface area contributed by atoms with Gasteiger partial charge in [0.25, 0.3) is 0 Å². The summed E-state index contributed by atoms with van der Waals surface area (Å²) in [4.78, 5) is 22.9. The maximum Gasteiger partial charge on any atom is 0.416 e. The van der Waals surface area contributed by atoms with Crippen molar-refractivity contribution in [2.75, 3.05) is 6.66 Å². The van der Waals surface area contributed by atoms with Gasteiger partial charge in [0.05, 0.1) is 5.56 Å². The molecule has 0 saturated carbocycles. The number of benzene rings is 2. The Morgan fingerprint density at radius 2 is 1.97 bits per heavy atom. The Morgan fingerprint density at radius 3 is 2.61 bits per heavy atom. The second kappa shape index (κ2) is 8.74. The summed E-state index contributed by atoms with van der Waals surface area (Å²) in [5.74, 6) is -1.93. The molecule has 0 spiro atoms. The van der Waals surface area contributed by atoms with E-state index in [9.17, 15) is 31.8 Å². The molecule has 3 aromatic rings. The van der Waals surface area contributed by atoms with Crippen molar-refractivity contribution < 1.29 is 31.8 Å². The molecule has 0 saturated heterocycles. The first-order chi connectivity index (χ1) is 14.4. The average Bonchev–Trinajstić information content (AvgIpc) is 3.02. The summed E-state index contributed by atoms with van der Waals surface area (Å²) in [6.07, 6.45) is -2.67. The third-order valence-corrected chi connectivity index (χ3v) is 7.02. The Balaban J connectivity index is 1.88. The number of hydrogen-bond acceptors (Lipinski definition) is 3. The molecule has 11 heteroatoms. The van der Waals surface area contributed by atoms with Crippen LogP contribution in [0.3, 0.4) is 0 Å². The van der Waals surface area contributed by atoms with Crippen LogP contribution in [-0.2, 0) is 15.5 Å². The summed E-state index contributed by atoms with van der Waals surface area (Å²) in [6.45, 7) is 1.04. The van der Waals surface area contributed by atoms with Crippen molar-refractivity contribution in [1.29, 1.82) is 0 Å². The zero-order valence-corrected chi connectivity index (χ0v) is 18.2. The normalized spacial score (nSPS) is 15.2. The van der Waals surface area contributed by atoms with Gasteiger partial charge in [-0.25, -0.2) is 4.39 Å². The van der Waals surface area contributed by atoms with E-state index in [0.29, 0.717) is 28.1 Å². The predicted octanol–water partition coefficient (Wildman–Crippen LogP) is 6.44. The second-order valence-corrected chi connectivity index (χ2v) is 10.5. The third-order valence-electron chi connectivity index (χ3n) is 4.34. The molecule has 3 rings (SSSR count). The summed E-state index contributed by atoms with van der Waals surface area (Å²) < 4.78 is 65.2. The Bertz CT molecular complexity index is 1220. The van der Waals surface area contributed by atoms with Gasteiger partial charge in [0, 0.05) is 22.6 Å². The van der Waals surface area contributed by atoms with E-state index >= 15 is 0 Å². The first kappa shape index (κ1) is 23.5. The summed E-state index contributed by atoms with van der Waals surface area (Å²) in [5, 5.41) is 4.83. The first-order valence-electron chi connectivity index (χ1n) is 8.67. The highest BCUT2D eigenvalue weighted by molar-refractivity contribution is 7.58. The highest BCUT2D eigenvalue weighted by atomic mass is 35.5. The Labute approximate surface area is 183 Å². The van der Waals surface area contributed by atoms with Gasteiger partial charge in [0.15, 0.2) is 0 Å². The van der Waals surface area contributed by atoms with Crippen LogP contribution in [0.4, 0.5) is 17.6 Å². The van der Waals surface area contributed by atoms with Crippen LogP contribution in [0.15, 0.2) is 48.0 Å². The number of hydrogen-bond donors (Lipinski definition) is 2. The van der Waals surface area contributed by atoms with Crippen LogP contribution in [0.5, 0.6) is 0 Å². The summed E-state index contributed by atoms with van der Waals surface area (Å²) in [6, 6.07) is 6.90. The van der Waals surface area contributed by atoms with E-state index in [1.165, 1.54) is 11.3 Å². The number of rotatable bonds is 5. The predicted molar refractivity (Wildman–Crippen MR) is 114 cm³/mol. The monoisotopic (exact) mass is 491 g/mol. The highest BCUT2D eigenvalue weighted by Crippen LogP contribution is 2.54. The molecule has 0 bridgehead atoms. The van der Waals surface area contributed by atoms with Crippen LogP contribution in [0, 0.1) is 5.82 Å². The number of fused-ring (bicyclic) bond motifs is 1. The SMILES string of the molecule is CP(=O)(O)C(C(=O)N/C=C/c1cc(F)cc(C(F)(F)F)c1)c1csc2ccc(Cl)cc12. The van der Waals surface area contributed by atoms with Crippen molar-refractivity contribution >= 4 is 52.4 Å². The van der Waals surface area contributed by atoms with Crippen LogP contribution in [0.2, 0.25) is 5.02 Å². The number of alkyl halides is 3. The molecule has 0 radical (unpaired) electrons. The molecule has 2 unspecified atom stereocenters. The zero-order chi connectivity index (χ0) is 23.0.